The van der Waals surface area contributed by atoms with Crippen molar-refractivity contribution >= 4 is 15.9 Å². The highest BCUT2D eigenvalue weighted by molar-refractivity contribution is 7.89. The summed E-state index contributed by atoms with van der Waals surface area (Å²) in [5, 5.41) is 19.1. The van der Waals surface area contributed by atoms with Crippen LogP contribution in [0.4, 0.5) is 0 Å². The van der Waals surface area contributed by atoms with E-state index < -0.39 is 22.0 Å². The van der Waals surface area contributed by atoms with Gasteiger partial charge in [0.15, 0.2) is 0 Å². The highest BCUT2D eigenvalue weighted by Gasteiger charge is 2.16. The number of hydrogen-bond donors (Lipinski definition) is 4. The smallest absolute Gasteiger partial charge is 0.243 e. The van der Waals surface area contributed by atoms with Gasteiger partial charge in [0.25, 0.3) is 0 Å². The second-order valence-electron chi connectivity index (χ2n) is 7.01. The molecule has 3 aromatic rings. The third-order valence-corrected chi connectivity index (χ3v) is 6.36. The lowest BCUT2D eigenvalue weighted by molar-refractivity contribution is -0.129. The van der Waals surface area contributed by atoms with E-state index in [1.54, 1.807) is 47.9 Å². The number of aryl methyl sites for hydroxylation is 1. The van der Waals surface area contributed by atoms with Gasteiger partial charge in [0, 0.05) is 13.0 Å². The van der Waals surface area contributed by atoms with Crippen LogP contribution in [0, 0.1) is 0 Å². The first kappa shape index (κ1) is 22.6. The van der Waals surface area contributed by atoms with Crippen molar-refractivity contribution in [3.63, 3.8) is 0 Å². The summed E-state index contributed by atoms with van der Waals surface area (Å²) in [6.45, 7) is 0.0631. The third-order valence-electron chi connectivity index (χ3n) is 4.94. The van der Waals surface area contributed by atoms with E-state index in [4.69, 9.17) is 5.21 Å². The number of rotatable bonds is 9. The fourth-order valence-corrected chi connectivity index (χ4v) is 4.20. The Morgan fingerprint density at radius 3 is 2.06 bits per heavy atom. The van der Waals surface area contributed by atoms with Crippen molar-refractivity contribution < 1.29 is 23.5 Å². The molecule has 0 fully saturated rings. The van der Waals surface area contributed by atoms with Gasteiger partial charge in [0.05, 0.1) is 4.90 Å². The molecule has 0 saturated carbocycles. The van der Waals surface area contributed by atoms with Crippen molar-refractivity contribution in [1.29, 1.82) is 0 Å². The molecule has 7 nitrogen and oxygen atoms in total. The van der Waals surface area contributed by atoms with Gasteiger partial charge in [-0.15, -0.1) is 0 Å². The van der Waals surface area contributed by atoms with E-state index >= 15 is 0 Å². The fourth-order valence-electron chi connectivity index (χ4n) is 3.19. The molecule has 1 unspecified atom stereocenters. The van der Waals surface area contributed by atoms with Gasteiger partial charge in [-0.25, -0.2) is 18.6 Å². The molecule has 0 aliphatic rings. The molecule has 3 rings (SSSR count). The summed E-state index contributed by atoms with van der Waals surface area (Å²) < 4.78 is 28.0. The number of hydrogen-bond acceptors (Lipinski definition) is 5. The summed E-state index contributed by atoms with van der Waals surface area (Å²) in [5.41, 5.74) is 4.47. The summed E-state index contributed by atoms with van der Waals surface area (Å²) in [6.07, 6.45) is -0.379. The van der Waals surface area contributed by atoms with Gasteiger partial charge in [-0.05, 0) is 40.8 Å². The van der Waals surface area contributed by atoms with Crippen molar-refractivity contribution in [1.82, 2.24) is 10.2 Å². The number of sulfonamides is 1. The monoisotopic (exact) mass is 440 g/mol. The molecule has 0 aliphatic carbocycles. The largest absolute Gasteiger partial charge is 0.384 e. The molecule has 0 aromatic heterocycles. The molecule has 31 heavy (non-hydrogen) atoms. The van der Waals surface area contributed by atoms with E-state index in [9.17, 15) is 18.3 Å². The lowest BCUT2D eigenvalue weighted by Crippen LogP contribution is -2.24. The Kier molecular flexibility index (Phi) is 7.54. The van der Waals surface area contributed by atoms with Crippen LogP contribution in [0.2, 0.25) is 0 Å². The molecule has 0 saturated heterocycles. The highest BCUT2D eigenvalue weighted by Crippen LogP contribution is 2.23. The van der Waals surface area contributed by atoms with Gasteiger partial charge < -0.3 is 5.11 Å². The van der Waals surface area contributed by atoms with Crippen LogP contribution in [0.3, 0.4) is 0 Å². The van der Waals surface area contributed by atoms with Crippen LogP contribution in [0.5, 0.6) is 0 Å². The zero-order valence-corrected chi connectivity index (χ0v) is 17.5. The molecular formula is C23H24N2O5S. The Balaban J connectivity index is 1.68. The van der Waals surface area contributed by atoms with E-state index in [1.165, 1.54) is 12.1 Å². The first-order chi connectivity index (χ1) is 14.9. The Labute approximate surface area is 181 Å². The van der Waals surface area contributed by atoms with E-state index in [-0.39, 0.29) is 17.9 Å². The van der Waals surface area contributed by atoms with Crippen molar-refractivity contribution in [2.75, 3.05) is 0 Å². The lowest BCUT2D eigenvalue weighted by atomic mass is 10.0. The highest BCUT2D eigenvalue weighted by atomic mass is 32.2. The quantitative estimate of drug-likeness (QED) is 0.302. The second-order valence-corrected chi connectivity index (χ2v) is 8.78. The lowest BCUT2D eigenvalue weighted by Gasteiger charge is -2.13. The summed E-state index contributed by atoms with van der Waals surface area (Å²) in [6, 6.07) is 22.4. The Morgan fingerprint density at radius 2 is 1.42 bits per heavy atom. The van der Waals surface area contributed by atoms with Crippen LogP contribution >= 0.6 is 0 Å². The molecule has 3 aromatic carbocycles. The maximum atomic E-state index is 12.7. The van der Waals surface area contributed by atoms with Crippen LogP contribution in [0.25, 0.3) is 0 Å². The molecule has 0 bridgehead atoms. The zero-order chi connectivity index (χ0) is 22.3. The fraction of sp³-hybridized carbons (Fsp3) is 0.174. The van der Waals surface area contributed by atoms with Crippen molar-refractivity contribution in [3.05, 3.63) is 101 Å². The maximum absolute atomic E-state index is 12.7. The van der Waals surface area contributed by atoms with Gasteiger partial charge >= 0.3 is 0 Å². The number of aliphatic hydroxyl groups excluding tert-OH is 1. The average Bonchev–Trinajstić information content (AvgIpc) is 2.82. The number of carbonyl (C=O) groups excluding carboxylic acids is 1. The molecule has 1 atom stereocenters. The predicted molar refractivity (Wildman–Crippen MR) is 116 cm³/mol. The molecule has 0 heterocycles. The van der Waals surface area contributed by atoms with Gasteiger partial charge in [-0.1, -0.05) is 66.7 Å². The van der Waals surface area contributed by atoms with Crippen LogP contribution in [0.1, 0.15) is 34.8 Å². The van der Waals surface area contributed by atoms with Gasteiger partial charge in [0.2, 0.25) is 15.9 Å². The van der Waals surface area contributed by atoms with Crippen molar-refractivity contribution in [2.24, 2.45) is 0 Å². The molecule has 4 N–H and O–H groups in total. The van der Waals surface area contributed by atoms with E-state index in [2.05, 4.69) is 4.72 Å². The topological polar surface area (TPSA) is 116 Å². The van der Waals surface area contributed by atoms with Crippen LogP contribution in [-0.2, 0) is 27.8 Å². The standard InChI is InChI=1S/C23H24N2O5S/c26-22(25-28)15-12-17-6-4-5-9-20(17)16-24-31(29,30)21-13-10-19(11-14-21)23(27)18-7-2-1-3-8-18/h1-11,13-14,23-24,27-28H,12,15-16H2,(H,25,26). The number of carbonyl (C=O) groups is 1. The summed E-state index contributed by atoms with van der Waals surface area (Å²) in [7, 11) is -3.77. The molecule has 8 heteroatoms. The molecule has 0 aliphatic heterocycles. The molecule has 1 amide bonds. The van der Waals surface area contributed by atoms with E-state index in [1.807, 2.05) is 24.3 Å². The number of aliphatic hydroxyl groups is 1. The maximum Gasteiger partial charge on any atom is 0.243 e. The Hall–Kier alpha value is -3.04. The summed E-state index contributed by atoms with van der Waals surface area (Å²) in [5.74, 6) is -0.506. The van der Waals surface area contributed by atoms with E-state index in [0.29, 0.717) is 12.0 Å². The summed E-state index contributed by atoms with van der Waals surface area (Å²) in [4.78, 5) is 11.4. The number of amides is 1. The second kappa shape index (κ2) is 10.3. The average molecular weight is 441 g/mol. The van der Waals surface area contributed by atoms with Gasteiger partial charge in [0.1, 0.15) is 6.10 Å². The number of hydroxylamine groups is 1. The van der Waals surface area contributed by atoms with Gasteiger partial charge in [-0.3, -0.25) is 10.0 Å². The molecule has 162 valence electrons. The normalized spacial score (nSPS) is 12.3. The predicted octanol–water partition coefficient (Wildman–Crippen LogP) is 2.68. The minimum Gasteiger partial charge on any atom is -0.384 e. The van der Waals surface area contributed by atoms with Crippen molar-refractivity contribution in [3.8, 4) is 0 Å². The molecule has 0 radical (unpaired) electrons. The SMILES string of the molecule is O=C(CCc1ccccc1CNS(=O)(=O)c1ccc(C(O)c2ccccc2)cc1)NO. The minimum absolute atomic E-state index is 0.0631. The number of nitrogens with one attached hydrogen (secondary N) is 2. The van der Waals surface area contributed by atoms with Crippen LogP contribution < -0.4 is 10.2 Å². The third kappa shape index (κ3) is 5.99. The Bertz CT molecular complexity index is 1120. The van der Waals surface area contributed by atoms with E-state index in [0.717, 1.165) is 16.7 Å². The first-order valence-electron chi connectivity index (χ1n) is 9.73. The zero-order valence-electron chi connectivity index (χ0n) is 16.7. The number of benzene rings is 3. The van der Waals surface area contributed by atoms with Gasteiger partial charge in [-0.2, -0.15) is 0 Å². The summed E-state index contributed by atoms with van der Waals surface area (Å²) >= 11 is 0. The minimum atomic E-state index is -3.77. The molecule has 0 spiro atoms. The Morgan fingerprint density at radius 1 is 0.839 bits per heavy atom. The van der Waals surface area contributed by atoms with Crippen LogP contribution in [-0.4, -0.2) is 24.6 Å². The van der Waals surface area contributed by atoms with Crippen LogP contribution in [0.15, 0.2) is 83.8 Å². The first-order valence-corrected chi connectivity index (χ1v) is 11.2. The van der Waals surface area contributed by atoms with Crippen molar-refractivity contribution in [2.45, 2.75) is 30.4 Å². The molecular weight excluding hydrogens is 416 g/mol.